The number of carboxylic acid groups (broad SMARTS) is 1. The van der Waals surface area contributed by atoms with Gasteiger partial charge in [-0.2, -0.15) is 13.2 Å². The largest absolute Gasteiger partial charge is 0.481 e. The molecule has 2 rings (SSSR count). The summed E-state index contributed by atoms with van der Waals surface area (Å²) in [6, 6.07) is 4.39. The second-order valence-electron chi connectivity index (χ2n) is 4.09. The van der Waals surface area contributed by atoms with Crippen molar-refractivity contribution in [2.45, 2.75) is 16.4 Å². The maximum atomic E-state index is 12.5. The van der Waals surface area contributed by atoms with Gasteiger partial charge in [0.15, 0.2) is 0 Å². The molecule has 1 aliphatic rings. The lowest BCUT2D eigenvalue weighted by atomic mass is 10.1. The zero-order chi connectivity index (χ0) is 13.7. The first kappa shape index (κ1) is 13.5. The molecule has 1 aromatic rings. The first-order valence-electron chi connectivity index (χ1n) is 4.93. The van der Waals surface area contributed by atoms with Crippen molar-refractivity contribution in [1.29, 1.82) is 0 Å². The summed E-state index contributed by atoms with van der Waals surface area (Å²) in [7, 11) is 0. The highest BCUT2D eigenvalue weighted by molar-refractivity contribution is 6.53. The van der Waals surface area contributed by atoms with Gasteiger partial charge in [-0.05, 0) is 11.6 Å². The van der Waals surface area contributed by atoms with Crippen molar-refractivity contribution >= 4 is 29.2 Å². The average molecular weight is 299 g/mol. The Bertz CT molecular complexity index is 499. The molecule has 0 aromatic heterocycles. The molecule has 1 N–H and O–H groups in total. The zero-order valence-corrected chi connectivity index (χ0v) is 10.2. The van der Waals surface area contributed by atoms with E-state index in [1.807, 2.05) is 0 Å². The molecule has 1 aromatic carbocycles. The molecule has 0 amide bonds. The molecule has 0 spiro atoms. The van der Waals surface area contributed by atoms with Gasteiger partial charge in [0.05, 0.1) is 11.5 Å². The van der Waals surface area contributed by atoms with Crippen molar-refractivity contribution in [3.8, 4) is 0 Å². The number of benzene rings is 1. The molecule has 18 heavy (non-hydrogen) atoms. The van der Waals surface area contributed by atoms with Crippen molar-refractivity contribution in [2.75, 3.05) is 0 Å². The first-order chi connectivity index (χ1) is 8.15. The van der Waals surface area contributed by atoms with E-state index < -0.39 is 33.9 Å². The lowest BCUT2D eigenvalue weighted by molar-refractivity contribution is -0.138. The first-order valence-corrected chi connectivity index (χ1v) is 5.69. The number of rotatable bonds is 2. The second-order valence-corrected chi connectivity index (χ2v) is 5.54. The maximum Gasteiger partial charge on any atom is 0.416 e. The Labute approximate surface area is 110 Å². The van der Waals surface area contributed by atoms with Crippen LogP contribution in [0.1, 0.15) is 17.0 Å². The van der Waals surface area contributed by atoms with Gasteiger partial charge in [-0.15, -0.1) is 0 Å². The molecule has 7 heteroatoms. The molecule has 1 fully saturated rings. The fourth-order valence-corrected chi connectivity index (χ4v) is 2.77. The van der Waals surface area contributed by atoms with Gasteiger partial charge in [0.1, 0.15) is 4.33 Å². The van der Waals surface area contributed by atoms with Crippen LogP contribution in [-0.4, -0.2) is 15.4 Å². The van der Waals surface area contributed by atoms with Crippen LogP contribution in [0.5, 0.6) is 0 Å². The normalized spacial score (nSPS) is 25.8. The van der Waals surface area contributed by atoms with Crippen LogP contribution in [0.3, 0.4) is 0 Å². The van der Waals surface area contributed by atoms with Gasteiger partial charge >= 0.3 is 12.1 Å². The van der Waals surface area contributed by atoms with E-state index in [9.17, 15) is 18.0 Å². The zero-order valence-electron chi connectivity index (χ0n) is 8.71. The van der Waals surface area contributed by atoms with E-state index >= 15 is 0 Å². The fourth-order valence-electron chi connectivity index (χ4n) is 1.96. The van der Waals surface area contributed by atoms with Crippen LogP contribution in [0.25, 0.3) is 0 Å². The highest BCUT2D eigenvalue weighted by Crippen LogP contribution is 2.65. The quantitative estimate of drug-likeness (QED) is 0.846. The fraction of sp³-hybridized carbons (Fsp3) is 0.364. The second kappa shape index (κ2) is 4.03. The van der Waals surface area contributed by atoms with Gasteiger partial charge in [-0.3, -0.25) is 4.79 Å². The molecule has 1 saturated carbocycles. The van der Waals surface area contributed by atoms with Crippen molar-refractivity contribution < 1.29 is 23.1 Å². The maximum absolute atomic E-state index is 12.5. The van der Waals surface area contributed by atoms with E-state index in [-0.39, 0.29) is 5.56 Å². The third-order valence-corrected chi connectivity index (χ3v) is 3.83. The standard InChI is InChI=1S/C11H7Cl2F3O2/c12-10(13)7(8(10)9(17)18)5-2-1-3-6(4-5)11(14,15)16/h1-4,7-8H,(H,17,18)/t7-,8+/m1/s1. The highest BCUT2D eigenvalue weighted by Gasteiger charge is 2.68. The van der Waals surface area contributed by atoms with E-state index in [1.165, 1.54) is 12.1 Å². The average Bonchev–Trinajstić information content (AvgIpc) is 2.81. The van der Waals surface area contributed by atoms with E-state index in [0.29, 0.717) is 0 Å². The number of carbonyl (C=O) groups is 1. The summed E-state index contributed by atoms with van der Waals surface area (Å²) in [6.45, 7) is 0. The van der Waals surface area contributed by atoms with Crippen LogP contribution < -0.4 is 0 Å². The van der Waals surface area contributed by atoms with E-state index in [0.717, 1.165) is 12.1 Å². The number of hydrogen-bond acceptors (Lipinski definition) is 1. The molecule has 0 saturated heterocycles. The Balaban J connectivity index is 2.34. The summed E-state index contributed by atoms with van der Waals surface area (Å²) in [4.78, 5) is 10.9. The Morgan fingerprint density at radius 3 is 2.39 bits per heavy atom. The Kier molecular flexibility index (Phi) is 3.02. The molecule has 98 valence electrons. The third-order valence-electron chi connectivity index (χ3n) is 2.89. The Morgan fingerprint density at radius 2 is 1.94 bits per heavy atom. The van der Waals surface area contributed by atoms with Crippen LogP contribution in [0, 0.1) is 5.92 Å². The van der Waals surface area contributed by atoms with Crippen molar-refractivity contribution in [1.82, 2.24) is 0 Å². The molecule has 1 aliphatic carbocycles. The topological polar surface area (TPSA) is 37.3 Å². The van der Waals surface area contributed by atoms with Gasteiger partial charge in [0, 0.05) is 5.92 Å². The smallest absolute Gasteiger partial charge is 0.416 e. The number of alkyl halides is 5. The van der Waals surface area contributed by atoms with Gasteiger partial charge in [0.2, 0.25) is 0 Å². The number of aliphatic carboxylic acids is 1. The summed E-state index contributed by atoms with van der Waals surface area (Å²) in [5, 5.41) is 8.86. The van der Waals surface area contributed by atoms with Crippen LogP contribution in [0.15, 0.2) is 24.3 Å². The minimum absolute atomic E-state index is 0.183. The summed E-state index contributed by atoms with van der Waals surface area (Å²) >= 11 is 11.5. The Hall–Kier alpha value is -0.940. The predicted octanol–water partition coefficient (Wildman–Crippen LogP) is 3.68. The predicted molar refractivity (Wildman–Crippen MR) is 59.7 cm³/mol. The van der Waals surface area contributed by atoms with E-state index in [2.05, 4.69) is 0 Å². The summed E-state index contributed by atoms with van der Waals surface area (Å²) < 4.78 is 36.0. The molecule has 0 radical (unpaired) electrons. The van der Waals surface area contributed by atoms with Crippen LogP contribution in [0.2, 0.25) is 0 Å². The molecule has 0 heterocycles. The molecule has 0 unspecified atom stereocenters. The monoisotopic (exact) mass is 298 g/mol. The Morgan fingerprint density at radius 1 is 1.33 bits per heavy atom. The minimum atomic E-state index is -4.48. The molecular formula is C11H7Cl2F3O2. The van der Waals surface area contributed by atoms with Crippen molar-refractivity contribution in [2.24, 2.45) is 5.92 Å². The summed E-state index contributed by atoms with van der Waals surface area (Å²) in [5.74, 6) is -3.12. The SMILES string of the molecule is O=C(O)[C@@H]1[C@@H](c2cccc(C(F)(F)F)c2)C1(Cl)Cl. The molecule has 2 atom stereocenters. The highest BCUT2D eigenvalue weighted by atomic mass is 35.5. The number of halogens is 5. The lowest BCUT2D eigenvalue weighted by Crippen LogP contribution is -2.05. The van der Waals surface area contributed by atoms with Crippen LogP contribution in [0.4, 0.5) is 13.2 Å². The third kappa shape index (κ3) is 2.17. The molecule has 0 bridgehead atoms. The van der Waals surface area contributed by atoms with E-state index in [4.69, 9.17) is 28.3 Å². The van der Waals surface area contributed by atoms with Gasteiger partial charge in [-0.25, -0.2) is 0 Å². The number of hydrogen-bond donors (Lipinski definition) is 1. The van der Waals surface area contributed by atoms with Gasteiger partial charge in [0.25, 0.3) is 0 Å². The van der Waals surface area contributed by atoms with Gasteiger partial charge in [-0.1, -0.05) is 41.4 Å². The summed E-state index contributed by atoms with van der Waals surface area (Å²) in [6.07, 6.45) is -4.48. The van der Waals surface area contributed by atoms with Crippen molar-refractivity contribution in [3.05, 3.63) is 35.4 Å². The summed E-state index contributed by atoms with van der Waals surface area (Å²) in [5.41, 5.74) is -0.664. The van der Waals surface area contributed by atoms with Gasteiger partial charge < -0.3 is 5.11 Å². The minimum Gasteiger partial charge on any atom is -0.481 e. The van der Waals surface area contributed by atoms with E-state index in [1.54, 1.807) is 0 Å². The number of carboxylic acids is 1. The molecule has 0 aliphatic heterocycles. The molecule has 2 nitrogen and oxygen atoms in total. The van der Waals surface area contributed by atoms with Crippen LogP contribution >= 0.6 is 23.2 Å². The van der Waals surface area contributed by atoms with Crippen LogP contribution in [-0.2, 0) is 11.0 Å². The van der Waals surface area contributed by atoms with Crippen molar-refractivity contribution in [3.63, 3.8) is 0 Å². The lowest BCUT2D eigenvalue weighted by Gasteiger charge is -2.08. The molecular weight excluding hydrogens is 292 g/mol.